The fraction of sp³-hybridized carbons (Fsp3) is 0.340. The summed E-state index contributed by atoms with van der Waals surface area (Å²) in [6.07, 6.45) is 9.91. The van der Waals surface area contributed by atoms with Crippen LogP contribution in [-0.2, 0) is 32.0 Å². The summed E-state index contributed by atoms with van der Waals surface area (Å²) in [5.74, 6) is -1.54. The first kappa shape index (κ1) is 46.7. The Morgan fingerprint density at radius 2 is 1.49 bits per heavy atom. The number of anilines is 2. The van der Waals surface area contributed by atoms with E-state index >= 15 is 0 Å². The van der Waals surface area contributed by atoms with Gasteiger partial charge in [-0.05, 0) is 116 Å². The Morgan fingerprint density at radius 1 is 0.716 bits per heavy atom. The normalized spacial score (nSPS) is 14.6. The van der Waals surface area contributed by atoms with Crippen LogP contribution in [0.3, 0.4) is 0 Å². The van der Waals surface area contributed by atoms with E-state index in [1.807, 2.05) is 72.9 Å². The monoisotopic (exact) mass is 906 g/mol. The van der Waals surface area contributed by atoms with Crippen molar-refractivity contribution in [2.45, 2.75) is 57.5 Å². The molecule has 1 aliphatic heterocycles. The molecule has 3 amide bonds. The first-order chi connectivity index (χ1) is 32.8. The maximum Gasteiger partial charge on any atom is 0.305 e. The Hall–Kier alpha value is -6.87. The Labute approximate surface area is 390 Å². The van der Waals surface area contributed by atoms with Crippen LogP contribution >= 0.6 is 0 Å². The van der Waals surface area contributed by atoms with Crippen LogP contribution < -0.4 is 20.9 Å². The molecule has 6 aromatic rings. The Balaban J connectivity index is 0.908. The number of piperidine rings is 1. The second-order valence-electron chi connectivity index (χ2n) is 16.9. The third-order valence-electron chi connectivity index (χ3n) is 12.3. The van der Waals surface area contributed by atoms with Gasteiger partial charge in [0.15, 0.2) is 0 Å². The molecule has 8 rings (SSSR count). The number of aryl methyl sites for hydroxylation is 1. The number of aliphatic carboxylic acids is 1. The number of benzene rings is 4. The molecule has 14 heteroatoms. The zero-order chi connectivity index (χ0) is 46.4. The molecule has 0 bridgehead atoms. The molecular weight excluding hydrogens is 849 g/mol. The first-order valence-electron chi connectivity index (χ1n) is 23.3. The average molecular weight is 907 g/mol. The number of pyridine rings is 1. The molecule has 1 unspecified atom stereocenters. The van der Waals surface area contributed by atoms with Gasteiger partial charge in [0.25, 0.3) is 17.7 Å². The predicted octanol–water partition coefficient (Wildman–Crippen LogP) is 8.06. The number of nitrogens with one attached hydrogen (secondary N) is 3. The van der Waals surface area contributed by atoms with Crippen molar-refractivity contribution < 1.29 is 38.5 Å². The van der Waals surface area contributed by atoms with Crippen LogP contribution in [0.15, 0.2) is 116 Å². The van der Waals surface area contributed by atoms with Crippen LogP contribution in [0.2, 0.25) is 0 Å². The summed E-state index contributed by atoms with van der Waals surface area (Å²) in [6.45, 7) is 4.53. The molecule has 4 aromatic carbocycles. The van der Waals surface area contributed by atoms with E-state index in [9.17, 15) is 19.2 Å². The van der Waals surface area contributed by atoms with E-state index in [-0.39, 0.29) is 36.8 Å². The number of amides is 3. The number of carboxylic acid groups (broad SMARTS) is 1. The lowest BCUT2D eigenvalue weighted by atomic mass is 9.87. The van der Waals surface area contributed by atoms with Gasteiger partial charge in [0.2, 0.25) is 0 Å². The number of hydrogen-bond acceptors (Lipinski definition) is 9. The Bertz CT molecular complexity index is 2680. The number of carbonyl (C=O) groups is 4. The van der Waals surface area contributed by atoms with Gasteiger partial charge in [-0.1, -0.05) is 42.5 Å². The molecule has 67 heavy (non-hydrogen) atoms. The van der Waals surface area contributed by atoms with E-state index in [0.717, 1.165) is 72.9 Å². The molecule has 0 spiro atoms. The van der Waals surface area contributed by atoms with E-state index in [1.54, 1.807) is 24.4 Å². The first-order valence-corrected chi connectivity index (χ1v) is 23.3. The van der Waals surface area contributed by atoms with Gasteiger partial charge in [0.05, 0.1) is 63.5 Å². The molecule has 1 fully saturated rings. The summed E-state index contributed by atoms with van der Waals surface area (Å²) in [5, 5.41) is 18.8. The van der Waals surface area contributed by atoms with Crippen LogP contribution in [0.5, 0.6) is 0 Å². The number of hydrogen-bond donors (Lipinski definition) is 4. The summed E-state index contributed by atoms with van der Waals surface area (Å²) < 4.78 is 18.3. The SMILES string of the molecule is O=C(O)CCOCCOCCOCCNC(=O)c1cccc2c1ccn2Cc1cccc(C(=O)Nc2ccc(N3CCCCC3)cc2-c2cc(C(=O)NC3CCCc4ccccc43)ccn2)c1. The minimum absolute atomic E-state index is 0.0404. The minimum Gasteiger partial charge on any atom is -0.481 e. The fourth-order valence-electron chi connectivity index (χ4n) is 8.86. The highest BCUT2D eigenvalue weighted by Crippen LogP contribution is 2.34. The van der Waals surface area contributed by atoms with Crippen molar-refractivity contribution in [3.8, 4) is 11.3 Å². The molecular formula is C53H58N6O8. The van der Waals surface area contributed by atoms with Crippen molar-refractivity contribution in [3.05, 3.63) is 149 Å². The second kappa shape index (κ2) is 23.0. The molecule has 0 saturated carbocycles. The van der Waals surface area contributed by atoms with Gasteiger partial charge in [0.1, 0.15) is 0 Å². The Kier molecular flexibility index (Phi) is 16.0. The van der Waals surface area contributed by atoms with Crippen molar-refractivity contribution in [2.75, 3.05) is 69.5 Å². The molecule has 2 aromatic heterocycles. The maximum absolute atomic E-state index is 14.1. The van der Waals surface area contributed by atoms with E-state index in [1.165, 1.54) is 17.5 Å². The second-order valence-corrected chi connectivity index (χ2v) is 16.9. The summed E-state index contributed by atoms with van der Waals surface area (Å²) in [7, 11) is 0. The number of aromatic nitrogens is 2. The maximum atomic E-state index is 14.1. The predicted molar refractivity (Wildman–Crippen MR) is 258 cm³/mol. The van der Waals surface area contributed by atoms with Crippen molar-refractivity contribution >= 4 is 46.0 Å². The fourth-order valence-corrected chi connectivity index (χ4v) is 8.86. The number of nitrogens with zero attached hydrogens (tertiary/aromatic N) is 3. The summed E-state index contributed by atoms with van der Waals surface area (Å²) in [6, 6.07) is 33.0. The van der Waals surface area contributed by atoms with Gasteiger partial charge in [-0.3, -0.25) is 24.2 Å². The van der Waals surface area contributed by atoms with Crippen LogP contribution in [-0.4, -0.2) is 97.6 Å². The van der Waals surface area contributed by atoms with E-state index < -0.39 is 5.97 Å². The molecule has 14 nitrogen and oxygen atoms in total. The van der Waals surface area contributed by atoms with E-state index in [4.69, 9.17) is 24.3 Å². The van der Waals surface area contributed by atoms with Gasteiger partial charge in [-0.2, -0.15) is 0 Å². The third-order valence-corrected chi connectivity index (χ3v) is 12.3. The molecule has 1 saturated heterocycles. The largest absolute Gasteiger partial charge is 0.481 e. The van der Waals surface area contributed by atoms with Crippen molar-refractivity contribution in [2.24, 2.45) is 0 Å². The minimum atomic E-state index is -0.901. The molecule has 1 aliphatic carbocycles. The molecule has 2 aliphatic rings. The van der Waals surface area contributed by atoms with Crippen LogP contribution in [0.25, 0.3) is 22.2 Å². The van der Waals surface area contributed by atoms with Crippen molar-refractivity contribution in [1.82, 2.24) is 20.2 Å². The van der Waals surface area contributed by atoms with E-state index in [0.29, 0.717) is 74.2 Å². The molecule has 1 atom stereocenters. The topological polar surface area (TPSA) is 173 Å². The van der Waals surface area contributed by atoms with Crippen LogP contribution in [0.1, 0.15) is 92.3 Å². The van der Waals surface area contributed by atoms with E-state index in [2.05, 4.69) is 43.6 Å². The van der Waals surface area contributed by atoms with Gasteiger partial charge in [-0.25, -0.2) is 0 Å². The summed E-state index contributed by atoms with van der Waals surface area (Å²) in [5.41, 5.74) is 8.77. The van der Waals surface area contributed by atoms with Crippen LogP contribution in [0.4, 0.5) is 11.4 Å². The number of carboxylic acids is 1. The zero-order valence-corrected chi connectivity index (χ0v) is 37.7. The number of carbonyl (C=O) groups excluding carboxylic acids is 3. The summed E-state index contributed by atoms with van der Waals surface area (Å²) >= 11 is 0. The lowest BCUT2D eigenvalue weighted by Gasteiger charge is -2.29. The van der Waals surface area contributed by atoms with Gasteiger partial charge in [0, 0.05) is 77.4 Å². The quantitative estimate of drug-likeness (QED) is 0.0518. The number of fused-ring (bicyclic) bond motifs is 2. The zero-order valence-electron chi connectivity index (χ0n) is 37.7. The highest BCUT2D eigenvalue weighted by atomic mass is 16.5. The number of ether oxygens (including phenoxy) is 3. The Morgan fingerprint density at radius 3 is 2.33 bits per heavy atom. The molecule has 4 N–H and O–H groups in total. The smallest absolute Gasteiger partial charge is 0.305 e. The average Bonchev–Trinajstić information content (AvgIpc) is 3.77. The lowest BCUT2D eigenvalue weighted by molar-refractivity contribution is -0.138. The highest BCUT2D eigenvalue weighted by Gasteiger charge is 2.23. The van der Waals surface area contributed by atoms with Gasteiger partial charge < -0.3 is 44.7 Å². The molecule has 348 valence electrons. The molecule has 0 radical (unpaired) electrons. The standard InChI is InChI=1S/C53H58N6O8/c60-50(61)21-27-65-29-31-67-32-30-66-28-23-55-53(64)44-14-8-16-49-43(44)20-26-59(49)36-37-9-6-12-39(33-37)51(62)57-47-18-17-41(58-24-4-1-5-25-58)35-45(47)48-34-40(19-22-54-48)52(63)56-46-15-7-11-38-10-2-3-13-42(38)46/h2-3,6,8-10,12-14,16-20,22,26,33-35,46H,1,4-5,7,11,15,21,23-25,27-32,36H2,(H,55,64)(H,56,63)(H,57,62)(H,60,61). The van der Waals surface area contributed by atoms with Gasteiger partial charge >= 0.3 is 5.97 Å². The van der Waals surface area contributed by atoms with Gasteiger partial charge in [-0.15, -0.1) is 0 Å². The highest BCUT2D eigenvalue weighted by molar-refractivity contribution is 6.07. The van der Waals surface area contributed by atoms with Crippen molar-refractivity contribution in [1.29, 1.82) is 0 Å². The lowest BCUT2D eigenvalue weighted by Crippen LogP contribution is -2.31. The summed E-state index contributed by atoms with van der Waals surface area (Å²) in [4.78, 5) is 58.8. The molecule has 3 heterocycles. The van der Waals surface area contributed by atoms with Crippen LogP contribution in [0, 0.1) is 0 Å². The number of rotatable bonds is 21. The third kappa shape index (κ3) is 12.3. The van der Waals surface area contributed by atoms with Crippen molar-refractivity contribution in [3.63, 3.8) is 0 Å².